The molecule has 4 nitrogen and oxygen atoms in total. The van der Waals surface area contributed by atoms with Crippen LogP contribution < -0.4 is 15.8 Å². The van der Waals surface area contributed by atoms with Gasteiger partial charge in [0.1, 0.15) is 5.75 Å². The van der Waals surface area contributed by atoms with Crippen LogP contribution >= 0.6 is 0 Å². The number of carbonyl (C=O) groups is 1. The summed E-state index contributed by atoms with van der Waals surface area (Å²) in [6, 6.07) is 10.9. The average molecular weight is 284 g/mol. The summed E-state index contributed by atoms with van der Waals surface area (Å²) < 4.78 is 5.41. The normalized spacial score (nSPS) is 10.2. The van der Waals surface area contributed by atoms with Crippen LogP contribution in [0.1, 0.15) is 28.4 Å². The zero-order chi connectivity index (χ0) is 15.4. The first kappa shape index (κ1) is 14.9. The summed E-state index contributed by atoms with van der Waals surface area (Å²) in [5.41, 5.74) is 9.78. The van der Waals surface area contributed by atoms with Crippen LogP contribution in [-0.4, -0.2) is 12.5 Å². The van der Waals surface area contributed by atoms with Crippen LogP contribution in [0.2, 0.25) is 0 Å². The second-order valence-electron chi connectivity index (χ2n) is 5.00. The van der Waals surface area contributed by atoms with Crippen molar-refractivity contribution in [1.29, 1.82) is 0 Å². The number of anilines is 2. The molecule has 2 aromatic carbocycles. The molecular weight excluding hydrogens is 264 g/mol. The predicted octanol–water partition coefficient (Wildman–Crippen LogP) is 3.54. The van der Waals surface area contributed by atoms with Crippen LogP contribution in [0.3, 0.4) is 0 Å². The van der Waals surface area contributed by atoms with Crippen molar-refractivity contribution in [3.8, 4) is 5.75 Å². The summed E-state index contributed by atoms with van der Waals surface area (Å²) in [5, 5.41) is 2.90. The van der Waals surface area contributed by atoms with E-state index in [1.807, 2.05) is 39.0 Å². The SMILES string of the molecule is CCOc1cc(N)cc(C(=O)Nc2ccc(C)cc2C)c1. The Hall–Kier alpha value is -2.49. The molecule has 0 aliphatic carbocycles. The molecule has 110 valence electrons. The van der Waals surface area contributed by atoms with E-state index in [4.69, 9.17) is 10.5 Å². The van der Waals surface area contributed by atoms with Gasteiger partial charge in [0.15, 0.2) is 0 Å². The highest BCUT2D eigenvalue weighted by molar-refractivity contribution is 6.05. The van der Waals surface area contributed by atoms with Crippen molar-refractivity contribution in [2.45, 2.75) is 20.8 Å². The highest BCUT2D eigenvalue weighted by Gasteiger charge is 2.10. The lowest BCUT2D eigenvalue weighted by Gasteiger charge is -2.11. The fourth-order valence-corrected chi connectivity index (χ4v) is 2.15. The molecule has 4 heteroatoms. The smallest absolute Gasteiger partial charge is 0.255 e. The molecule has 3 N–H and O–H groups in total. The monoisotopic (exact) mass is 284 g/mol. The quantitative estimate of drug-likeness (QED) is 0.844. The first-order valence-corrected chi connectivity index (χ1v) is 6.91. The number of ether oxygens (including phenoxy) is 1. The van der Waals surface area contributed by atoms with Crippen molar-refractivity contribution >= 4 is 17.3 Å². The molecule has 0 heterocycles. The highest BCUT2D eigenvalue weighted by Crippen LogP contribution is 2.21. The standard InChI is InChI=1S/C17H20N2O2/c1-4-21-15-9-13(8-14(18)10-15)17(20)19-16-6-5-11(2)7-12(16)3/h5-10H,4,18H2,1-3H3,(H,19,20). The molecule has 0 unspecified atom stereocenters. The van der Waals surface area contributed by atoms with Crippen LogP contribution in [0.15, 0.2) is 36.4 Å². The van der Waals surface area contributed by atoms with Crippen molar-refractivity contribution in [2.75, 3.05) is 17.7 Å². The van der Waals surface area contributed by atoms with Crippen molar-refractivity contribution in [3.05, 3.63) is 53.1 Å². The van der Waals surface area contributed by atoms with Crippen LogP contribution in [0.4, 0.5) is 11.4 Å². The Morgan fingerprint density at radius 1 is 1.19 bits per heavy atom. The molecular formula is C17H20N2O2. The lowest BCUT2D eigenvalue weighted by Crippen LogP contribution is -2.13. The van der Waals surface area contributed by atoms with Gasteiger partial charge in [-0.3, -0.25) is 4.79 Å². The van der Waals surface area contributed by atoms with Gasteiger partial charge in [0, 0.05) is 23.0 Å². The van der Waals surface area contributed by atoms with Gasteiger partial charge < -0.3 is 15.8 Å². The molecule has 0 fully saturated rings. The first-order valence-electron chi connectivity index (χ1n) is 6.91. The maximum Gasteiger partial charge on any atom is 0.255 e. The van der Waals surface area contributed by atoms with E-state index in [9.17, 15) is 4.79 Å². The molecule has 0 aromatic heterocycles. The van der Waals surface area contributed by atoms with E-state index in [0.29, 0.717) is 23.6 Å². The van der Waals surface area contributed by atoms with Crippen LogP contribution in [0.25, 0.3) is 0 Å². The maximum atomic E-state index is 12.3. The summed E-state index contributed by atoms with van der Waals surface area (Å²) in [6.45, 7) is 6.40. The van der Waals surface area contributed by atoms with E-state index in [-0.39, 0.29) is 5.91 Å². The van der Waals surface area contributed by atoms with Crippen LogP contribution in [0, 0.1) is 13.8 Å². The number of benzene rings is 2. The molecule has 0 spiro atoms. The molecule has 0 radical (unpaired) electrons. The Balaban J connectivity index is 2.23. The first-order chi connectivity index (χ1) is 9.99. The van der Waals surface area contributed by atoms with E-state index in [2.05, 4.69) is 5.32 Å². The topological polar surface area (TPSA) is 64.3 Å². The molecule has 2 rings (SSSR count). The predicted molar refractivity (Wildman–Crippen MR) is 85.9 cm³/mol. The number of hydrogen-bond acceptors (Lipinski definition) is 3. The fraction of sp³-hybridized carbons (Fsp3) is 0.235. The number of carbonyl (C=O) groups excluding carboxylic acids is 1. The van der Waals surface area contributed by atoms with E-state index in [1.54, 1.807) is 18.2 Å². The third kappa shape index (κ3) is 3.75. The fourth-order valence-electron chi connectivity index (χ4n) is 2.15. The number of amides is 1. The average Bonchev–Trinajstić information content (AvgIpc) is 2.41. The van der Waals surface area contributed by atoms with Gasteiger partial charge >= 0.3 is 0 Å². The second-order valence-corrected chi connectivity index (χ2v) is 5.00. The Labute approximate surface area is 124 Å². The molecule has 1 amide bonds. The van der Waals surface area contributed by atoms with Crippen molar-refractivity contribution in [3.63, 3.8) is 0 Å². The minimum absolute atomic E-state index is 0.199. The number of aryl methyl sites for hydroxylation is 2. The third-order valence-corrected chi connectivity index (χ3v) is 3.13. The molecule has 21 heavy (non-hydrogen) atoms. The molecule has 0 saturated heterocycles. The van der Waals surface area contributed by atoms with Crippen LogP contribution in [-0.2, 0) is 0 Å². The van der Waals surface area contributed by atoms with Gasteiger partial charge in [-0.2, -0.15) is 0 Å². The number of rotatable bonds is 4. The van der Waals surface area contributed by atoms with E-state index >= 15 is 0 Å². The number of nitrogens with one attached hydrogen (secondary N) is 1. The second kappa shape index (κ2) is 6.31. The Morgan fingerprint density at radius 2 is 1.95 bits per heavy atom. The number of hydrogen-bond donors (Lipinski definition) is 2. The zero-order valence-corrected chi connectivity index (χ0v) is 12.6. The van der Waals surface area contributed by atoms with Gasteiger partial charge in [-0.25, -0.2) is 0 Å². The Morgan fingerprint density at radius 3 is 2.62 bits per heavy atom. The van der Waals surface area contributed by atoms with E-state index in [1.165, 1.54) is 0 Å². The molecule has 0 saturated carbocycles. The molecule has 0 bridgehead atoms. The highest BCUT2D eigenvalue weighted by atomic mass is 16.5. The van der Waals surface area contributed by atoms with Crippen molar-refractivity contribution in [2.24, 2.45) is 0 Å². The molecule has 0 aliphatic rings. The molecule has 0 aliphatic heterocycles. The van der Waals surface area contributed by atoms with Gasteiger partial charge in [-0.15, -0.1) is 0 Å². The summed E-state index contributed by atoms with van der Waals surface area (Å²) in [7, 11) is 0. The lowest BCUT2D eigenvalue weighted by molar-refractivity contribution is 0.102. The molecule has 0 atom stereocenters. The van der Waals surface area contributed by atoms with Gasteiger partial charge in [0.05, 0.1) is 6.61 Å². The van der Waals surface area contributed by atoms with Gasteiger partial charge in [0.25, 0.3) is 5.91 Å². The Kier molecular flexibility index (Phi) is 4.48. The summed E-state index contributed by atoms with van der Waals surface area (Å²) in [6.07, 6.45) is 0. The van der Waals surface area contributed by atoms with Gasteiger partial charge in [-0.1, -0.05) is 17.7 Å². The summed E-state index contributed by atoms with van der Waals surface area (Å²) >= 11 is 0. The largest absolute Gasteiger partial charge is 0.494 e. The summed E-state index contributed by atoms with van der Waals surface area (Å²) in [4.78, 5) is 12.3. The minimum atomic E-state index is -0.199. The van der Waals surface area contributed by atoms with Gasteiger partial charge in [-0.05, 0) is 44.5 Å². The zero-order valence-electron chi connectivity index (χ0n) is 12.6. The number of nitrogen functional groups attached to an aromatic ring is 1. The minimum Gasteiger partial charge on any atom is -0.494 e. The maximum absolute atomic E-state index is 12.3. The van der Waals surface area contributed by atoms with Crippen molar-refractivity contribution in [1.82, 2.24) is 0 Å². The number of nitrogens with two attached hydrogens (primary N) is 1. The third-order valence-electron chi connectivity index (χ3n) is 3.13. The van der Waals surface area contributed by atoms with Crippen molar-refractivity contribution < 1.29 is 9.53 Å². The Bertz CT molecular complexity index is 666. The van der Waals surface area contributed by atoms with Crippen LogP contribution in [0.5, 0.6) is 5.75 Å². The lowest BCUT2D eigenvalue weighted by atomic mass is 10.1. The summed E-state index contributed by atoms with van der Waals surface area (Å²) in [5.74, 6) is 0.401. The van der Waals surface area contributed by atoms with E-state index < -0.39 is 0 Å². The molecule has 2 aromatic rings. The van der Waals surface area contributed by atoms with E-state index in [0.717, 1.165) is 16.8 Å². The van der Waals surface area contributed by atoms with Gasteiger partial charge in [0.2, 0.25) is 0 Å².